The molecule has 1 atom stereocenters. The highest BCUT2D eigenvalue weighted by molar-refractivity contribution is 5.93. The van der Waals surface area contributed by atoms with E-state index in [1.807, 2.05) is 11.8 Å². The topological polar surface area (TPSA) is 46.3 Å². The van der Waals surface area contributed by atoms with Gasteiger partial charge in [-0.3, -0.25) is 4.79 Å². The summed E-state index contributed by atoms with van der Waals surface area (Å²) in [6, 6.07) is 0.357. The van der Waals surface area contributed by atoms with Crippen LogP contribution in [0.15, 0.2) is 4.42 Å². The lowest BCUT2D eigenvalue weighted by Gasteiger charge is -2.61. The minimum absolute atomic E-state index is 0.0306. The summed E-state index contributed by atoms with van der Waals surface area (Å²) in [5, 5.41) is 0. The molecule has 1 aromatic heterocycles. The lowest BCUT2D eigenvalue weighted by molar-refractivity contribution is -0.0953. The maximum absolute atomic E-state index is 12.8. The molecular weight excluding hydrogens is 264 g/mol. The van der Waals surface area contributed by atoms with E-state index in [-0.39, 0.29) is 5.91 Å². The van der Waals surface area contributed by atoms with Crippen molar-refractivity contribution in [3.63, 3.8) is 0 Å². The van der Waals surface area contributed by atoms with Gasteiger partial charge in [0.1, 0.15) is 0 Å². The Morgan fingerprint density at radius 2 is 1.95 bits per heavy atom. The van der Waals surface area contributed by atoms with Crippen molar-refractivity contribution in [2.75, 3.05) is 6.54 Å². The Bertz CT molecular complexity index is 541. The van der Waals surface area contributed by atoms with Gasteiger partial charge in [-0.15, -0.1) is 0 Å². The van der Waals surface area contributed by atoms with Gasteiger partial charge in [-0.05, 0) is 25.7 Å². The molecule has 0 radical (unpaired) electrons. The van der Waals surface area contributed by atoms with Gasteiger partial charge in [0.2, 0.25) is 5.76 Å². The number of oxazole rings is 1. The second-order valence-electron chi connectivity index (χ2n) is 7.19. The van der Waals surface area contributed by atoms with E-state index in [9.17, 15) is 4.79 Å². The average Bonchev–Trinajstić information content (AvgIpc) is 2.75. The van der Waals surface area contributed by atoms with Gasteiger partial charge in [0, 0.05) is 24.9 Å². The minimum atomic E-state index is 0.0306. The van der Waals surface area contributed by atoms with E-state index < -0.39 is 0 Å². The van der Waals surface area contributed by atoms with Crippen molar-refractivity contribution < 1.29 is 9.21 Å². The molecule has 4 heteroatoms. The quantitative estimate of drug-likeness (QED) is 0.834. The van der Waals surface area contributed by atoms with Gasteiger partial charge >= 0.3 is 0 Å². The summed E-state index contributed by atoms with van der Waals surface area (Å²) >= 11 is 0. The maximum atomic E-state index is 12.8. The zero-order valence-corrected chi connectivity index (χ0v) is 13.6. The monoisotopic (exact) mass is 290 g/mol. The maximum Gasteiger partial charge on any atom is 0.291 e. The van der Waals surface area contributed by atoms with E-state index in [0.717, 1.165) is 6.54 Å². The highest BCUT2D eigenvalue weighted by Gasteiger charge is 2.55. The number of carbonyl (C=O) groups is 1. The third-order valence-corrected chi connectivity index (χ3v) is 5.29. The molecule has 0 bridgehead atoms. The van der Waals surface area contributed by atoms with Crippen LogP contribution in [0.5, 0.6) is 0 Å². The van der Waals surface area contributed by atoms with Crippen molar-refractivity contribution in [3.8, 4) is 0 Å². The number of hydrogen-bond donors (Lipinski definition) is 0. The van der Waals surface area contributed by atoms with Gasteiger partial charge in [-0.2, -0.15) is 0 Å². The Balaban J connectivity index is 1.83. The summed E-state index contributed by atoms with van der Waals surface area (Å²) in [6.07, 6.45) is 6.51. The highest BCUT2D eigenvalue weighted by atomic mass is 16.4. The van der Waals surface area contributed by atoms with Crippen LogP contribution in [0.4, 0.5) is 0 Å². The molecule has 1 amide bonds. The number of amides is 1. The summed E-state index contributed by atoms with van der Waals surface area (Å²) in [5.41, 5.74) is 1.08. The van der Waals surface area contributed by atoms with Crippen molar-refractivity contribution in [3.05, 3.63) is 17.3 Å². The first-order valence-corrected chi connectivity index (χ1v) is 8.19. The number of rotatable bonds is 2. The van der Waals surface area contributed by atoms with Gasteiger partial charge in [-0.1, -0.05) is 33.1 Å². The van der Waals surface area contributed by atoms with Crippen LogP contribution in [-0.2, 0) is 0 Å². The zero-order chi connectivity index (χ0) is 15.2. The van der Waals surface area contributed by atoms with E-state index in [2.05, 4.69) is 18.8 Å². The van der Waals surface area contributed by atoms with Crippen LogP contribution in [-0.4, -0.2) is 28.4 Å². The number of likely N-dealkylation sites (tertiary alicyclic amines) is 1. The Morgan fingerprint density at radius 1 is 1.29 bits per heavy atom. The molecule has 1 saturated carbocycles. The van der Waals surface area contributed by atoms with Crippen molar-refractivity contribution in [1.82, 2.24) is 9.88 Å². The lowest BCUT2D eigenvalue weighted by atomic mass is 9.60. The van der Waals surface area contributed by atoms with Gasteiger partial charge in [0.15, 0.2) is 5.89 Å². The molecular formula is C17H26N2O2. The number of hydrogen-bond acceptors (Lipinski definition) is 3. The number of aromatic nitrogens is 1. The smallest absolute Gasteiger partial charge is 0.291 e. The Morgan fingerprint density at radius 3 is 2.48 bits per heavy atom. The number of nitrogens with zero attached hydrogens (tertiary/aromatic N) is 2. The van der Waals surface area contributed by atoms with Crippen LogP contribution in [0.3, 0.4) is 0 Å². The summed E-state index contributed by atoms with van der Waals surface area (Å²) in [4.78, 5) is 19.1. The van der Waals surface area contributed by atoms with Crippen LogP contribution in [0.2, 0.25) is 0 Å². The molecule has 1 aromatic rings. The fourth-order valence-electron chi connectivity index (χ4n) is 4.58. The van der Waals surface area contributed by atoms with Crippen LogP contribution in [0.25, 0.3) is 0 Å². The van der Waals surface area contributed by atoms with Gasteiger partial charge in [-0.25, -0.2) is 4.98 Å². The van der Waals surface area contributed by atoms with Crippen molar-refractivity contribution in [2.24, 2.45) is 11.3 Å². The van der Waals surface area contributed by atoms with Gasteiger partial charge in [0.25, 0.3) is 5.91 Å². The minimum Gasteiger partial charge on any atom is -0.436 e. The van der Waals surface area contributed by atoms with Crippen LogP contribution in [0, 0.1) is 25.2 Å². The number of aryl methyl sites for hydroxylation is 2. The number of carbonyl (C=O) groups excluding carboxylic acids is 1. The predicted octanol–water partition coefficient (Wildman–Crippen LogP) is 3.72. The fourth-order valence-corrected chi connectivity index (χ4v) is 4.58. The van der Waals surface area contributed by atoms with Gasteiger partial charge < -0.3 is 9.32 Å². The van der Waals surface area contributed by atoms with Crippen LogP contribution in [0.1, 0.15) is 68.1 Å². The molecule has 2 aliphatic rings. The molecule has 2 heterocycles. The summed E-state index contributed by atoms with van der Waals surface area (Å²) < 4.78 is 5.53. The normalized spacial score (nSPS) is 24.4. The van der Waals surface area contributed by atoms with Crippen LogP contribution < -0.4 is 0 Å². The summed E-state index contributed by atoms with van der Waals surface area (Å²) in [7, 11) is 0. The Labute approximate surface area is 126 Å². The van der Waals surface area contributed by atoms with Crippen molar-refractivity contribution >= 4 is 5.91 Å². The van der Waals surface area contributed by atoms with Crippen molar-refractivity contribution in [2.45, 2.75) is 65.8 Å². The molecule has 2 fully saturated rings. The summed E-state index contributed by atoms with van der Waals surface area (Å²) in [6.45, 7) is 9.01. The third kappa shape index (κ3) is 2.29. The molecule has 0 N–H and O–H groups in total. The Hall–Kier alpha value is -1.32. The highest BCUT2D eigenvalue weighted by Crippen LogP contribution is 2.51. The molecule has 0 aromatic carbocycles. The zero-order valence-electron chi connectivity index (χ0n) is 13.6. The SMILES string of the molecule is Cc1nc(C)c(C(=O)N2CC3(CCCCC3)[C@@H]2C(C)C)o1. The first-order chi connectivity index (χ1) is 9.94. The molecule has 1 aliphatic heterocycles. The Kier molecular flexibility index (Phi) is 3.58. The fraction of sp³-hybridized carbons (Fsp3) is 0.765. The first kappa shape index (κ1) is 14.6. The van der Waals surface area contributed by atoms with E-state index in [0.29, 0.717) is 34.7 Å². The predicted molar refractivity (Wildman–Crippen MR) is 81.2 cm³/mol. The van der Waals surface area contributed by atoms with E-state index in [1.165, 1.54) is 32.1 Å². The molecule has 3 rings (SSSR count). The first-order valence-electron chi connectivity index (χ1n) is 8.19. The van der Waals surface area contributed by atoms with Gasteiger partial charge in [0.05, 0.1) is 5.69 Å². The molecule has 0 unspecified atom stereocenters. The van der Waals surface area contributed by atoms with Crippen LogP contribution >= 0.6 is 0 Å². The molecule has 1 aliphatic carbocycles. The largest absolute Gasteiger partial charge is 0.436 e. The second kappa shape index (κ2) is 5.15. The summed E-state index contributed by atoms with van der Waals surface area (Å²) in [5.74, 6) is 1.53. The standard InChI is InChI=1S/C17H26N2O2/c1-11(2)15-17(8-6-5-7-9-17)10-19(15)16(20)14-12(3)18-13(4)21-14/h11,15H,5-10H2,1-4H3/t15-/m0/s1. The molecule has 21 heavy (non-hydrogen) atoms. The molecule has 116 valence electrons. The second-order valence-corrected chi connectivity index (χ2v) is 7.19. The average molecular weight is 290 g/mol. The molecule has 1 spiro atoms. The molecule has 1 saturated heterocycles. The molecule has 4 nitrogen and oxygen atoms in total. The van der Waals surface area contributed by atoms with Crippen molar-refractivity contribution in [1.29, 1.82) is 0 Å². The lowest BCUT2D eigenvalue weighted by Crippen LogP contribution is -2.68. The van der Waals surface area contributed by atoms with E-state index in [4.69, 9.17) is 4.42 Å². The van der Waals surface area contributed by atoms with E-state index in [1.54, 1.807) is 6.92 Å². The van der Waals surface area contributed by atoms with E-state index >= 15 is 0 Å². The third-order valence-electron chi connectivity index (χ3n) is 5.29.